The average molecular weight is 328 g/mol. The smallest absolute Gasteiger partial charge is 0.255 e. The van der Waals surface area contributed by atoms with Gasteiger partial charge in [0.25, 0.3) is 5.91 Å². The number of nitrogens with zero attached hydrogens (tertiary/aromatic N) is 1. The fraction of sp³-hybridized carbons (Fsp3) is 0.267. The zero-order valence-electron chi connectivity index (χ0n) is 11.1. The van der Waals surface area contributed by atoms with Crippen LogP contribution in [0.3, 0.4) is 0 Å². The Morgan fingerprint density at radius 2 is 2.10 bits per heavy atom. The topological polar surface area (TPSA) is 20.3 Å². The number of rotatable bonds is 5. The average Bonchev–Trinajstić information content (AvgIpc) is 2.93. The van der Waals surface area contributed by atoms with Crippen LogP contribution in [0.2, 0.25) is 10.0 Å². The van der Waals surface area contributed by atoms with Crippen molar-refractivity contribution in [3.05, 3.63) is 56.2 Å². The summed E-state index contributed by atoms with van der Waals surface area (Å²) >= 11 is 13.7. The van der Waals surface area contributed by atoms with Crippen LogP contribution in [0.4, 0.5) is 0 Å². The first-order chi connectivity index (χ1) is 9.61. The monoisotopic (exact) mass is 327 g/mol. The molecule has 2 aromatic rings. The van der Waals surface area contributed by atoms with Gasteiger partial charge in [0.1, 0.15) is 0 Å². The Labute approximate surface area is 132 Å². The van der Waals surface area contributed by atoms with Crippen molar-refractivity contribution in [2.45, 2.75) is 19.9 Å². The van der Waals surface area contributed by atoms with E-state index < -0.39 is 0 Å². The van der Waals surface area contributed by atoms with Crippen LogP contribution in [0.1, 0.15) is 29.3 Å². The summed E-state index contributed by atoms with van der Waals surface area (Å²) in [5.41, 5.74) is 1.60. The first-order valence-corrected chi connectivity index (χ1v) is 8.07. The summed E-state index contributed by atoms with van der Waals surface area (Å²) in [7, 11) is 0. The minimum Gasteiger partial charge on any atom is -0.334 e. The molecule has 0 bridgehead atoms. The molecule has 1 aromatic heterocycles. The summed E-state index contributed by atoms with van der Waals surface area (Å²) in [6.07, 6.45) is 0.897. The van der Waals surface area contributed by atoms with Gasteiger partial charge in [-0.1, -0.05) is 30.1 Å². The van der Waals surface area contributed by atoms with E-state index in [4.69, 9.17) is 23.2 Å². The quantitative estimate of drug-likeness (QED) is 0.747. The van der Waals surface area contributed by atoms with E-state index in [1.807, 2.05) is 18.4 Å². The van der Waals surface area contributed by atoms with Gasteiger partial charge in [-0.3, -0.25) is 4.79 Å². The predicted octanol–water partition coefficient (Wildman–Crippen LogP) is 5.11. The van der Waals surface area contributed by atoms with Crippen LogP contribution >= 0.6 is 34.5 Å². The van der Waals surface area contributed by atoms with E-state index in [1.54, 1.807) is 34.4 Å². The van der Waals surface area contributed by atoms with Crippen molar-refractivity contribution in [2.75, 3.05) is 6.54 Å². The van der Waals surface area contributed by atoms with Crippen LogP contribution in [0.15, 0.2) is 35.0 Å². The number of halogens is 2. The molecule has 0 radical (unpaired) electrons. The van der Waals surface area contributed by atoms with E-state index in [1.165, 1.54) is 0 Å². The van der Waals surface area contributed by atoms with Gasteiger partial charge in [0.2, 0.25) is 0 Å². The van der Waals surface area contributed by atoms with Crippen molar-refractivity contribution in [1.82, 2.24) is 4.90 Å². The van der Waals surface area contributed by atoms with Gasteiger partial charge in [-0.15, -0.1) is 0 Å². The van der Waals surface area contributed by atoms with Gasteiger partial charge in [0.15, 0.2) is 0 Å². The van der Waals surface area contributed by atoms with Crippen LogP contribution < -0.4 is 0 Å². The van der Waals surface area contributed by atoms with Crippen LogP contribution in [0, 0.1) is 0 Å². The van der Waals surface area contributed by atoms with Crippen LogP contribution in [-0.2, 0) is 6.54 Å². The van der Waals surface area contributed by atoms with E-state index >= 15 is 0 Å². The summed E-state index contributed by atoms with van der Waals surface area (Å²) in [6.45, 7) is 3.34. The van der Waals surface area contributed by atoms with Gasteiger partial charge in [-0.25, -0.2) is 0 Å². The lowest BCUT2D eigenvalue weighted by Gasteiger charge is -2.22. The predicted molar refractivity (Wildman–Crippen MR) is 85.8 cm³/mol. The minimum absolute atomic E-state index is 0.0782. The number of amides is 1. The molecule has 0 aliphatic rings. The van der Waals surface area contributed by atoms with Crippen LogP contribution in [0.5, 0.6) is 0 Å². The molecule has 0 saturated carbocycles. The third-order valence-electron chi connectivity index (χ3n) is 2.89. The van der Waals surface area contributed by atoms with Gasteiger partial charge in [0, 0.05) is 18.1 Å². The Morgan fingerprint density at radius 3 is 2.75 bits per heavy atom. The molecular weight excluding hydrogens is 313 g/mol. The number of hydrogen-bond acceptors (Lipinski definition) is 2. The van der Waals surface area contributed by atoms with Crippen LogP contribution in [-0.4, -0.2) is 17.4 Å². The zero-order valence-corrected chi connectivity index (χ0v) is 13.4. The van der Waals surface area contributed by atoms with E-state index in [0.717, 1.165) is 12.0 Å². The SMILES string of the molecule is CCCN(Cc1ccsc1)C(=O)c1cc(Cl)ccc1Cl. The Bertz CT molecular complexity index is 584. The van der Waals surface area contributed by atoms with Gasteiger partial charge < -0.3 is 4.90 Å². The third-order valence-corrected chi connectivity index (χ3v) is 4.19. The third kappa shape index (κ3) is 3.75. The summed E-state index contributed by atoms with van der Waals surface area (Å²) in [4.78, 5) is 14.4. The van der Waals surface area contributed by atoms with Gasteiger partial charge >= 0.3 is 0 Å². The molecule has 106 valence electrons. The standard InChI is InChI=1S/C15H15Cl2NOS/c1-2-6-18(9-11-5-7-20-10-11)15(19)13-8-12(16)3-4-14(13)17/h3-5,7-8,10H,2,6,9H2,1H3. The molecule has 1 aromatic carbocycles. The molecule has 0 aliphatic heterocycles. The first kappa shape index (κ1) is 15.4. The lowest BCUT2D eigenvalue weighted by atomic mass is 10.1. The van der Waals surface area contributed by atoms with Gasteiger partial charge in [0.05, 0.1) is 10.6 Å². The number of hydrogen-bond donors (Lipinski definition) is 0. The first-order valence-electron chi connectivity index (χ1n) is 6.37. The van der Waals surface area contributed by atoms with Crippen molar-refractivity contribution in [1.29, 1.82) is 0 Å². The molecule has 5 heteroatoms. The van der Waals surface area contributed by atoms with Gasteiger partial charge in [-0.2, -0.15) is 11.3 Å². The van der Waals surface area contributed by atoms with Gasteiger partial charge in [-0.05, 0) is 47.0 Å². The molecule has 0 unspecified atom stereocenters. The Kier molecular flexibility index (Phi) is 5.46. The van der Waals surface area contributed by atoms with Crippen molar-refractivity contribution in [2.24, 2.45) is 0 Å². The summed E-state index contributed by atoms with van der Waals surface area (Å²) in [5.74, 6) is -0.0782. The lowest BCUT2D eigenvalue weighted by Crippen LogP contribution is -2.31. The highest BCUT2D eigenvalue weighted by Crippen LogP contribution is 2.23. The summed E-state index contributed by atoms with van der Waals surface area (Å²) in [6, 6.07) is 7.00. The fourth-order valence-corrected chi connectivity index (χ4v) is 2.99. The number of carbonyl (C=O) groups excluding carboxylic acids is 1. The Morgan fingerprint density at radius 1 is 1.30 bits per heavy atom. The van der Waals surface area contributed by atoms with E-state index in [9.17, 15) is 4.79 Å². The molecule has 0 spiro atoms. The number of benzene rings is 1. The normalized spacial score (nSPS) is 10.6. The molecule has 1 heterocycles. The highest BCUT2D eigenvalue weighted by atomic mass is 35.5. The maximum absolute atomic E-state index is 12.6. The molecular formula is C15H15Cl2NOS. The lowest BCUT2D eigenvalue weighted by molar-refractivity contribution is 0.0743. The minimum atomic E-state index is -0.0782. The highest BCUT2D eigenvalue weighted by molar-refractivity contribution is 7.07. The molecule has 2 nitrogen and oxygen atoms in total. The molecule has 0 fully saturated rings. The van der Waals surface area contributed by atoms with E-state index in [-0.39, 0.29) is 5.91 Å². The molecule has 0 N–H and O–H groups in total. The molecule has 0 saturated heterocycles. The second-order valence-corrected chi connectivity index (χ2v) is 6.11. The van der Waals surface area contributed by atoms with Crippen molar-refractivity contribution >= 4 is 40.4 Å². The van der Waals surface area contributed by atoms with Crippen molar-refractivity contribution in [3.63, 3.8) is 0 Å². The highest BCUT2D eigenvalue weighted by Gasteiger charge is 2.18. The maximum atomic E-state index is 12.6. The Balaban J connectivity index is 2.24. The molecule has 0 aliphatic carbocycles. The summed E-state index contributed by atoms with van der Waals surface area (Å²) in [5, 5.41) is 5.02. The van der Waals surface area contributed by atoms with E-state index in [2.05, 4.69) is 5.38 Å². The second kappa shape index (κ2) is 7.11. The maximum Gasteiger partial charge on any atom is 0.255 e. The molecule has 2 rings (SSSR count). The molecule has 1 amide bonds. The van der Waals surface area contributed by atoms with E-state index in [0.29, 0.717) is 28.7 Å². The van der Waals surface area contributed by atoms with Crippen molar-refractivity contribution in [3.8, 4) is 0 Å². The Hall–Kier alpha value is -1.03. The zero-order chi connectivity index (χ0) is 14.5. The summed E-state index contributed by atoms with van der Waals surface area (Å²) < 4.78 is 0. The largest absolute Gasteiger partial charge is 0.334 e. The van der Waals surface area contributed by atoms with Crippen LogP contribution in [0.25, 0.3) is 0 Å². The van der Waals surface area contributed by atoms with Crippen molar-refractivity contribution < 1.29 is 4.79 Å². The number of thiophene rings is 1. The molecule has 20 heavy (non-hydrogen) atoms. The fourth-order valence-electron chi connectivity index (χ4n) is 1.96. The second-order valence-electron chi connectivity index (χ2n) is 4.48. The molecule has 0 atom stereocenters. The number of carbonyl (C=O) groups is 1.